The number of terminal acetylenes is 1. The number of anilines is 1. The number of aromatic amines is 1. The quantitative estimate of drug-likeness (QED) is 0.491. The van der Waals surface area contributed by atoms with E-state index >= 15 is 0 Å². The molecule has 0 amide bonds. The van der Waals surface area contributed by atoms with E-state index in [-0.39, 0.29) is 16.8 Å². The molecule has 3 N–H and O–H groups in total. The van der Waals surface area contributed by atoms with Crippen LogP contribution in [0.4, 0.5) is 14.5 Å². The predicted molar refractivity (Wildman–Crippen MR) is 86.4 cm³/mol. The molecule has 2 aromatic carbocycles. The van der Waals surface area contributed by atoms with E-state index in [0.717, 1.165) is 11.5 Å². The average Bonchev–Trinajstić information content (AvgIpc) is 3.02. The van der Waals surface area contributed by atoms with Gasteiger partial charge in [0, 0.05) is 22.7 Å². The van der Waals surface area contributed by atoms with E-state index in [4.69, 9.17) is 22.7 Å². The monoisotopic (exact) mass is 320 g/mol. The van der Waals surface area contributed by atoms with Crippen LogP contribution in [-0.2, 0) is 0 Å². The van der Waals surface area contributed by atoms with Gasteiger partial charge in [-0.15, -0.1) is 6.42 Å². The van der Waals surface area contributed by atoms with E-state index < -0.39 is 11.6 Å². The van der Waals surface area contributed by atoms with Crippen molar-refractivity contribution >= 4 is 16.6 Å². The maximum absolute atomic E-state index is 13.0. The Morgan fingerprint density at radius 2 is 1.58 bits per heavy atom. The molecule has 0 unspecified atom stereocenters. The number of rotatable bonds is 0. The summed E-state index contributed by atoms with van der Waals surface area (Å²) in [5.41, 5.74) is 6.59. The minimum absolute atomic E-state index is 0.0853. The van der Waals surface area contributed by atoms with Gasteiger partial charge in [-0.25, -0.2) is 8.78 Å². The van der Waals surface area contributed by atoms with Gasteiger partial charge in [0.1, 0.15) is 23.8 Å². The van der Waals surface area contributed by atoms with Gasteiger partial charge in [0.15, 0.2) is 0 Å². The molecule has 0 radical (unpaired) electrons. The van der Waals surface area contributed by atoms with Crippen molar-refractivity contribution in [3.63, 3.8) is 0 Å². The molecule has 0 fully saturated rings. The molecule has 0 aliphatic rings. The molecule has 1 heterocycles. The van der Waals surface area contributed by atoms with Crippen molar-refractivity contribution in [1.29, 1.82) is 10.5 Å². The zero-order valence-electron chi connectivity index (χ0n) is 12.3. The van der Waals surface area contributed by atoms with E-state index in [9.17, 15) is 8.78 Å². The van der Waals surface area contributed by atoms with Crippen LogP contribution < -0.4 is 5.73 Å². The van der Waals surface area contributed by atoms with Gasteiger partial charge < -0.3 is 10.7 Å². The fourth-order valence-corrected chi connectivity index (χ4v) is 1.96. The van der Waals surface area contributed by atoms with Gasteiger partial charge >= 0.3 is 0 Å². The van der Waals surface area contributed by atoms with Crippen LogP contribution in [0.15, 0.2) is 36.5 Å². The Morgan fingerprint density at radius 3 is 2.21 bits per heavy atom. The lowest BCUT2D eigenvalue weighted by atomic mass is 10.1. The normalized spacial score (nSPS) is 9.29. The van der Waals surface area contributed by atoms with Gasteiger partial charge in [0.05, 0.1) is 16.8 Å². The number of fused-ring (bicyclic) bond motifs is 1. The Hall–Kier alpha value is -3.82. The fraction of sp³-hybridized carbons (Fsp3) is 0. The molecule has 116 valence electrons. The van der Waals surface area contributed by atoms with Crippen LogP contribution in [0.1, 0.15) is 16.7 Å². The van der Waals surface area contributed by atoms with Crippen LogP contribution in [0.3, 0.4) is 0 Å². The first-order chi connectivity index (χ1) is 11.5. The SMILES string of the molecule is C#Cc1cc(C#N)c(F)cc1N.N#Cc1cc2cc[nH]c2cc1F. The van der Waals surface area contributed by atoms with E-state index in [1.54, 1.807) is 24.4 Å². The third-order valence-corrected chi connectivity index (χ3v) is 3.18. The topological polar surface area (TPSA) is 89.4 Å². The number of H-pyrrole nitrogens is 1. The number of nitrogens with one attached hydrogen (secondary N) is 1. The summed E-state index contributed by atoms with van der Waals surface area (Å²) in [6.45, 7) is 0. The highest BCUT2D eigenvalue weighted by atomic mass is 19.1. The van der Waals surface area contributed by atoms with Gasteiger partial charge in [0.2, 0.25) is 0 Å². The molecule has 0 saturated carbocycles. The lowest BCUT2D eigenvalue weighted by molar-refractivity contribution is 0.624. The molecular formula is C18H10F2N4. The van der Waals surface area contributed by atoms with Crippen LogP contribution in [0.5, 0.6) is 0 Å². The van der Waals surface area contributed by atoms with Gasteiger partial charge in [-0.05, 0) is 30.3 Å². The lowest BCUT2D eigenvalue weighted by Crippen LogP contribution is -1.94. The van der Waals surface area contributed by atoms with Crippen molar-refractivity contribution in [2.24, 2.45) is 0 Å². The van der Waals surface area contributed by atoms with Gasteiger partial charge in [0.25, 0.3) is 0 Å². The van der Waals surface area contributed by atoms with E-state index in [0.29, 0.717) is 11.1 Å². The summed E-state index contributed by atoms with van der Waals surface area (Å²) in [6.07, 6.45) is 6.78. The zero-order chi connectivity index (χ0) is 17.7. The lowest BCUT2D eigenvalue weighted by Gasteiger charge is -1.99. The molecule has 3 aromatic rings. The summed E-state index contributed by atoms with van der Waals surface area (Å²) in [5, 5.41) is 17.8. The first kappa shape index (κ1) is 16.5. The Labute approximate surface area is 136 Å². The minimum atomic E-state index is -0.644. The highest BCUT2D eigenvalue weighted by Crippen LogP contribution is 2.17. The summed E-state index contributed by atoms with van der Waals surface area (Å²) in [6, 6.07) is 10.4. The molecule has 1 aromatic heterocycles. The molecule has 0 aliphatic heterocycles. The van der Waals surface area contributed by atoms with Crippen molar-refractivity contribution in [3.8, 4) is 24.5 Å². The highest BCUT2D eigenvalue weighted by molar-refractivity contribution is 5.80. The number of benzene rings is 2. The second-order valence-corrected chi connectivity index (χ2v) is 4.68. The molecule has 0 spiro atoms. The maximum atomic E-state index is 13.0. The average molecular weight is 320 g/mol. The molecule has 0 atom stereocenters. The van der Waals surface area contributed by atoms with Crippen LogP contribution in [-0.4, -0.2) is 4.98 Å². The summed E-state index contributed by atoms with van der Waals surface area (Å²) in [7, 11) is 0. The smallest absolute Gasteiger partial charge is 0.143 e. The number of hydrogen-bond donors (Lipinski definition) is 2. The first-order valence-electron chi connectivity index (χ1n) is 6.62. The van der Waals surface area contributed by atoms with E-state index in [1.807, 2.05) is 0 Å². The van der Waals surface area contributed by atoms with Crippen molar-refractivity contribution in [2.45, 2.75) is 0 Å². The Balaban J connectivity index is 0.000000174. The third-order valence-electron chi connectivity index (χ3n) is 3.18. The van der Waals surface area contributed by atoms with Crippen LogP contribution in [0.2, 0.25) is 0 Å². The van der Waals surface area contributed by atoms with Crippen molar-refractivity contribution < 1.29 is 8.78 Å². The molecular weight excluding hydrogens is 310 g/mol. The van der Waals surface area contributed by atoms with Crippen molar-refractivity contribution in [2.75, 3.05) is 5.73 Å². The summed E-state index contributed by atoms with van der Waals surface area (Å²) >= 11 is 0. The standard InChI is InChI=1S/2C9H5FN2/c10-8-4-9-6(1-2-12-9)3-7(8)5-11;1-2-6-3-7(5-11)8(10)4-9(6)12/h1-4,12H;1,3-4H,12H2. The first-order valence-corrected chi connectivity index (χ1v) is 6.62. The second kappa shape index (κ2) is 6.96. The van der Waals surface area contributed by atoms with Crippen molar-refractivity contribution in [1.82, 2.24) is 4.98 Å². The maximum Gasteiger partial charge on any atom is 0.143 e. The van der Waals surface area contributed by atoms with Gasteiger partial charge in [-0.3, -0.25) is 0 Å². The van der Waals surface area contributed by atoms with Gasteiger partial charge in [-0.1, -0.05) is 5.92 Å². The molecule has 6 heteroatoms. The largest absolute Gasteiger partial charge is 0.398 e. The number of aromatic nitrogens is 1. The molecule has 0 bridgehead atoms. The van der Waals surface area contributed by atoms with E-state index in [1.165, 1.54) is 18.2 Å². The molecule has 0 saturated heterocycles. The Morgan fingerprint density at radius 1 is 0.958 bits per heavy atom. The second-order valence-electron chi connectivity index (χ2n) is 4.68. The van der Waals surface area contributed by atoms with Crippen LogP contribution in [0.25, 0.3) is 10.9 Å². The molecule has 3 rings (SSSR count). The number of nitrogens with zero attached hydrogens (tertiary/aromatic N) is 2. The minimum Gasteiger partial charge on any atom is -0.398 e. The molecule has 24 heavy (non-hydrogen) atoms. The third kappa shape index (κ3) is 3.32. The number of nitrogens with two attached hydrogens (primary N) is 1. The molecule has 0 aliphatic carbocycles. The van der Waals surface area contributed by atoms with Crippen LogP contribution >= 0.6 is 0 Å². The number of nitrogen functional groups attached to an aromatic ring is 1. The number of halogens is 2. The summed E-state index contributed by atoms with van der Waals surface area (Å²) < 4.78 is 25.8. The summed E-state index contributed by atoms with van der Waals surface area (Å²) in [5.74, 6) is 1.13. The van der Waals surface area contributed by atoms with Crippen molar-refractivity contribution in [3.05, 3.63) is 64.9 Å². The Bertz CT molecular complexity index is 995. The number of nitriles is 2. The Kier molecular flexibility index (Phi) is 4.80. The van der Waals surface area contributed by atoms with Gasteiger partial charge in [-0.2, -0.15) is 10.5 Å². The number of hydrogen-bond acceptors (Lipinski definition) is 3. The molecule has 4 nitrogen and oxygen atoms in total. The van der Waals surface area contributed by atoms with E-state index in [2.05, 4.69) is 10.9 Å². The highest BCUT2D eigenvalue weighted by Gasteiger charge is 2.05. The summed E-state index contributed by atoms with van der Waals surface area (Å²) in [4.78, 5) is 2.86. The van der Waals surface area contributed by atoms with Crippen LogP contribution in [0, 0.1) is 46.6 Å². The zero-order valence-corrected chi connectivity index (χ0v) is 12.3. The predicted octanol–water partition coefficient (Wildman–Crippen LogP) is 3.44. The fourth-order valence-electron chi connectivity index (χ4n) is 1.96.